The lowest BCUT2D eigenvalue weighted by molar-refractivity contribution is 0.0985. The van der Waals surface area contributed by atoms with E-state index in [4.69, 9.17) is 0 Å². The Morgan fingerprint density at radius 3 is 2.53 bits per heavy atom. The second-order valence-electron chi connectivity index (χ2n) is 4.26. The van der Waals surface area contributed by atoms with Gasteiger partial charge in [-0.25, -0.2) is 8.78 Å². The van der Waals surface area contributed by atoms with Crippen LogP contribution >= 0.6 is 0 Å². The number of alkyl halides is 2. The lowest BCUT2D eigenvalue weighted by atomic mass is 10.0. The van der Waals surface area contributed by atoms with E-state index in [9.17, 15) is 8.78 Å². The summed E-state index contributed by atoms with van der Waals surface area (Å²) in [4.78, 5) is 0. The fraction of sp³-hybridized carbons (Fsp3) is 0.571. The summed E-state index contributed by atoms with van der Waals surface area (Å²) < 4.78 is 25.9. The van der Waals surface area contributed by atoms with Crippen molar-refractivity contribution in [1.82, 2.24) is 5.32 Å². The SMILES string of the molecule is CCCNC(c1cccc(CCC)c1)C(F)F. The molecule has 0 saturated heterocycles. The molecule has 0 fully saturated rings. The predicted molar refractivity (Wildman–Crippen MR) is 67.5 cm³/mol. The third-order valence-electron chi connectivity index (χ3n) is 2.72. The quantitative estimate of drug-likeness (QED) is 0.762. The van der Waals surface area contributed by atoms with Crippen molar-refractivity contribution in [3.63, 3.8) is 0 Å². The summed E-state index contributed by atoms with van der Waals surface area (Å²) >= 11 is 0. The fourth-order valence-electron chi connectivity index (χ4n) is 1.88. The molecular formula is C14H21F2N. The highest BCUT2D eigenvalue weighted by Crippen LogP contribution is 2.22. The molecule has 96 valence electrons. The first-order chi connectivity index (χ1) is 8.19. The summed E-state index contributed by atoms with van der Waals surface area (Å²) in [5, 5.41) is 2.90. The number of aryl methyl sites for hydroxylation is 1. The normalized spacial score (nSPS) is 13.0. The molecule has 0 bridgehead atoms. The molecular weight excluding hydrogens is 220 g/mol. The molecule has 1 aromatic carbocycles. The molecule has 0 saturated carbocycles. The second kappa shape index (κ2) is 7.38. The van der Waals surface area contributed by atoms with E-state index in [1.807, 2.05) is 25.1 Å². The zero-order chi connectivity index (χ0) is 12.7. The van der Waals surface area contributed by atoms with Gasteiger partial charge in [0.2, 0.25) is 0 Å². The van der Waals surface area contributed by atoms with Crippen LogP contribution in [-0.2, 0) is 6.42 Å². The van der Waals surface area contributed by atoms with Crippen molar-refractivity contribution in [1.29, 1.82) is 0 Å². The Labute approximate surface area is 102 Å². The van der Waals surface area contributed by atoms with Gasteiger partial charge in [0, 0.05) is 0 Å². The maximum absolute atomic E-state index is 13.0. The average Bonchev–Trinajstić information content (AvgIpc) is 2.30. The van der Waals surface area contributed by atoms with Crippen molar-refractivity contribution in [2.24, 2.45) is 0 Å². The van der Waals surface area contributed by atoms with E-state index < -0.39 is 12.5 Å². The maximum Gasteiger partial charge on any atom is 0.257 e. The van der Waals surface area contributed by atoms with Crippen molar-refractivity contribution in [2.75, 3.05) is 6.54 Å². The van der Waals surface area contributed by atoms with Gasteiger partial charge in [0.25, 0.3) is 6.43 Å². The summed E-state index contributed by atoms with van der Waals surface area (Å²) in [6.07, 6.45) is 0.471. The Bertz CT molecular complexity index is 326. The highest BCUT2D eigenvalue weighted by molar-refractivity contribution is 5.26. The van der Waals surface area contributed by atoms with Crippen molar-refractivity contribution >= 4 is 0 Å². The van der Waals surface area contributed by atoms with Crippen molar-refractivity contribution in [2.45, 2.75) is 45.6 Å². The minimum Gasteiger partial charge on any atom is -0.305 e. The van der Waals surface area contributed by atoms with Gasteiger partial charge in [-0.15, -0.1) is 0 Å². The topological polar surface area (TPSA) is 12.0 Å². The van der Waals surface area contributed by atoms with Crippen LogP contribution < -0.4 is 5.32 Å². The number of nitrogens with one attached hydrogen (secondary N) is 1. The zero-order valence-corrected chi connectivity index (χ0v) is 10.5. The molecule has 1 atom stereocenters. The van der Waals surface area contributed by atoms with E-state index in [1.165, 1.54) is 0 Å². The summed E-state index contributed by atoms with van der Waals surface area (Å²) in [7, 11) is 0. The van der Waals surface area contributed by atoms with Crippen LogP contribution in [0.25, 0.3) is 0 Å². The predicted octanol–water partition coefficient (Wildman–Crippen LogP) is 3.94. The van der Waals surface area contributed by atoms with E-state index in [-0.39, 0.29) is 0 Å². The summed E-state index contributed by atoms with van der Waals surface area (Å²) in [5.74, 6) is 0. The van der Waals surface area contributed by atoms with Crippen LogP contribution in [0.3, 0.4) is 0 Å². The van der Waals surface area contributed by atoms with Crippen LogP contribution in [0, 0.1) is 0 Å². The molecule has 0 aliphatic carbocycles. The number of hydrogen-bond donors (Lipinski definition) is 1. The van der Waals surface area contributed by atoms with Crippen LogP contribution in [0.1, 0.15) is 43.9 Å². The minimum atomic E-state index is -2.36. The molecule has 1 aromatic rings. The van der Waals surface area contributed by atoms with Gasteiger partial charge < -0.3 is 5.32 Å². The Kier molecular flexibility index (Phi) is 6.12. The lowest BCUT2D eigenvalue weighted by Crippen LogP contribution is -2.28. The number of hydrogen-bond acceptors (Lipinski definition) is 1. The van der Waals surface area contributed by atoms with Crippen LogP contribution in [0.5, 0.6) is 0 Å². The first kappa shape index (κ1) is 14.1. The van der Waals surface area contributed by atoms with Gasteiger partial charge in [0.1, 0.15) is 0 Å². The third kappa shape index (κ3) is 4.43. The van der Waals surface area contributed by atoms with Gasteiger partial charge in [-0.2, -0.15) is 0 Å². The Morgan fingerprint density at radius 2 is 1.94 bits per heavy atom. The number of benzene rings is 1. The standard InChI is InChI=1S/C14H21F2N/c1-3-6-11-7-5-8-12(10-11)13(14(15)16)17-9-4-2/h5,7-8,10,13-14,17H,3-4,6,9H2,1-2H3. The Balaban J connectivity index is 2.81. The van der Waals surface area contributed by atoms with Gasteiger partial charge in [0.05, 0.1) is 6.04 Å². The molecule has 0 radical (unpaired) electrons. The first-order valence-corrected chi connectivity index (χ1v) is 6.29. The van der Waals surface area contributed by atoms with E-state index in [0.29, 0.717) is 12.1 Å². The number of halogens is 2. The Morgan fingerprint density at radius 1 is 1.18 bits per heavy atom. The van der Waals surface area contributed by atoms with Gasteiger partial charge in [-0.05, 0) is 30.5 Å². The molecule has 1 rings (SSSR count). The molecule has 0 aromatic heterocycles. The highest BCUT2D eigenvalue weighted by Gasteiger charge is 2.21. The maximum atomic E-state index is 13.0. The average molecular weight is 241 g/mol. The zero-order valence-electron chi connectivity index (χ0n) is 10.5. The number of rotatable bonds is 7. The molecule has 1 nitrogen and oxygen atoms in total. The minimum absolute atomic E-state index is 0.618. The van der Waals surface area contributed by atoms with Gasteiger partial charge in [-0.3, -0.25) is 0 Å². The van der Waals surface area contributed by atoms with Gasteiger partial charge in [0.15, 0.2) is 0 Å². The Hall–Kier alpha value is -0.960. The van der Waals surface area contributed by atoms with Crippen LogP contribution in [-0.4, -0.2) is 13.0 Å². The van der Waals surface area contributed by atoms with Crippen molar-refractivity contribution in [3.05, 3.63) is 35.4 Å². The van der Waals surface area contributed by atoms with E-state index in [0.717, 1.165) is 24.8 Å². The van der Waals surface area contributed by atoms with E-state index in [2.05, 4.69) is 12.2 Å². The summed E-state index contributed by atoms with van der Waals surface area (Å²) in [6, 6.07) is 6.69. The van der Waals surface area contributed by atoms with E-state index in [1.54, 1.807) is 6.07 Å². The molecule has 0 spiro atoms. The molecule has 0 aliphatic heterocycles. The molecule has 0 amide bonds. The van der Waals surface area contributed by atoms with E-state index >= 15 is 0 Å². The van der Waals surface area contributed by atoms with Gasteiger partial charge >= 0.3 is 0 Å². The van der Waals surface area contributed by atoms with Crippen molar-refractivity contribution in [3.8, 4) is 0 Å². The largest absolute Gasteiger partial charge is 0.305 e. The molecule has 0 aliphatic rings. The molecule has 0 heterocycles. The fourth-order valence-corrected chi connectivity index (χ4v) is 1.88. The summed E-state index contributed by atoms with van der Waals surface area (Å²) in [6.45, 7) is 4.68. The third-order valence-corrected chi connectivity index (χ3v) is 2.72. The van der Waals surface area contributed by atoms with Crippen LogP contribution in [0.4, 0.5) is 8.78 Å². The molecule has 17 heavy (non-hydrogen) atoms. The monoisotopic (exact) mass is 241 g/mol. The second-order valence-corrected chi connectivity index (χ2v) is 4.26. The molecule has 3 heteroatoms. The van der Waals surface area contributed by atoms with Gasteiger partial charge in [-0.1, -0.05) is 44.5 Å². The first-order valence-electron chi connectivity index (χ1n) is 6.29. The van der Waals surface area contributed by atoms with Crippen LogP contribution in [0.15, 0.2) is 24.3 Å². The smallest absolute Gasteiger partial charge is 0.257 e. The summed E-state index contributed by atoms with van der Waals surface area (Å²) in [5.41, 5.74) is 1.83. The highest BCUT2D eigenvalue weighted by atomic mass is 19.3. The molecule has 1 N–H and O–H groups in total. The van der Waals surface area contributed by atoms with Crippen LogP contribution in [0.2, 0.25) is 0 Å². The lowest BCUT2D eigenvalue weighted by Gasteiger charge is -2.18. The van der Waals surface area contributed by atoms with Crippen molar-refractivity contribution < 1.29 is 8.78 Å². The molecule has 1 unspecified atom stereocenters.